The Morgan fingerprint density at radius 1 is 1.11 bits per heavy atom. The topological polar surface area (TPSA) is 15.3 Å². The predicted octanol–water partition coefficient (Wildman–Crippen LogP) is 3.20. The summed E-state index contributed by atoms with van der Waals surface area (Å²) >= 11 is 5.87. The van der Waals surface area contributed by atoms with E-state index < -0.39 is 0 Å². The van der Waals surface area contributed by atoms with Crippen LogP contribution in [-0.4, -0.2) is 37.1 Å². The molecule has 0 atom stereocenters. The van der Waals surface area contributed by atoms with E-state index in [1.54, 1.807) is 0 Å². The van der Waals surface area contributed by atoms with Crippen LogP contribution in [0.4, 0.5) is 0 Å². The van der Waals surface area contributed by atoms with Crippen molar-refractivity contribution >= 4 is 11.6 Å². The summed E-state index contributed by atoms with van der Waals surface area (Å²) in [6, 6.07) is 8.11. The van der Waals surface area contributed by atoms with Gasteiger partial charge in [-0.1, -0.05) is 23.7 Å². The number of halogens is 1. The van der Waals surface area contributed by atoms with Gasteiger partial charge in [0, 0.05) is 30.2 Å². The number of rotatable bonds is 6. The maximum Gasteiger partial charge on any atom is 0.0406 e. The van der Waals surface area contributed by atoms with Crippen molar-refractivity contribution in [3.05, 3.63) is 34.9 Å². The van der Waals surface area contributed by atoms with Gasteiger partial charge >= 0.3 is 0 Å². The molecule has 0 aliphatic carbocycles. The molecule has 1 aromatic carbocycles. The van der Waals surface area contributed by atoms with E-state index in [0.29, 0.717) is 0 Å². The van der Waals surface area contributed by atoms with E-state index in [9.17, 15) is 0 Å². The average molecular weight is 269 g/mol. The second kappa shape index (κ2) is 7.13. The van der Waals surface area contributed by atoms with Crippen molar-refractivity contribution in [1.82, 2.24) is 10.2 Å². The van der Waals surface area contributed by atoms with Crippen LogP contribution in [0.3, 0.4) is 0 Å². The van der Waals surface area contributed by atoms with Crippen molar-refractivity contribution in [3.63, 3.8) is 0 Å². The van der Waals surface area contributed by atoms with Crippen molar-refractivity contribution in [1.29, 1.82) is 0 Å². The van der Waals surface area contributed by atoms with Gasteiger partial charge in [-0.15, -0.1) is 0 Å². The molecule has 0 aliphatic heterocycles. The van der Waals surface area contributed by atoms with Gasteiger partial charge in [-0.25, -0.2) is 0 Å². The Hall–Kier alpha value is -0.570. The molecule has 0 bridgehead atoms. The number of likely N-dealkylation sites (N-methyl/N-ethyl adjacent to an activating group) is 1. The zero-order valence-corrected chi connectivity index (χ0v) is 12.7. The van der Waals surface area contributed by atoms with Gasteiger partial charge in [0.1, 0.15) is 0 Å². The van der Waals surface area contributed by atoms with E-state index >= 15 is 0 Å². The van der Waals surface area contributed by atoms with Crippen LogP contribution in [0, 0.1) is 0 Å². The highest BCUT2D eigenvalue weighted by Gasteiger charge is 2.08. The highest BCUT2D eigenvalue weighted by atomic mass is 35.5. The molecular formula is C15H25ClN2. The van der Waals surface area contributed by atoms with E-state index in [2.05, 4.69) is 50.2 Å². The monoisotopic (exact) mass is 268 g/mol. The minimum atomic E-state index is 0.205. The summed E-state index contributed by atoms with van der Waals surface area (Å²) in [5.41, 5.74) is 1.55. The van der Waals surface area contributed by atoms with Gasteiger partial charge in [-0.3, -0.25) is 0 Å². The lowest BCUT2D eigenvalue weighted by Gasteiger charge is -2.23. The lowest BCUT2D eigenvalue weighted by Crippen LogP contribution is -2.40. The van der Waals surface area contributed by atoms with Gasteiger partial charge in [0.15, 0.2) is 0 Å². The zero-order chi connectivity index (χ0) is 13.6. The van der Waals surface area contributed by atoms with E-state index in [1.807, 2.05) is 12.1 Å². The zero-order valence-electron chi connectivity index (χ0n) is 12.0. The third-order valence-corrected chi connectivity index (χ3v) is 3.10. The molecular weight excluding hydrogens is 244 g/mol. The average Bonchev–Trinajstić information content (AvgIpc) is 2.26. The third-order valence-electron chi connectivity index (χ3n) is 2.84. The largest absolute Gasteiger partial charge is 0.311 e. The lowest BCUT2D eigenvalue weighted by atomic mass is 10.1. The number of hydrogen-bond donors (Lipinski definition) is 1. The molecule has 0 amide bonds. The Kier molecular flexibility index (Phi) is 6.13. The standard InChI is InChI=1S/C15H25ClN2/c1-15(2,3)17-10-12-18(4)11-9-13-5-7-14(16)8-6-13/h5-8,17H,9-12H2,1-4H3. The van der Waals surface area contributed by atoms with Crippen molar-refractivity contribution < 1.29 is 0 Å². The van der Waals surface area contributed by atoms with Crippen LogP contribution in [-0.2, 0) is 6.42 Å². The SMILES string of the molecule is CN(CCNC(C)(C)C)CCc1ccc(Cl)cc1. The van der Waals surface area contributed by atoms with Crippen molar-refractivity contribution in [3.8, 4) is 0 Å². The van der Waals surface area contributed by atoms with E-state index in [4.69, 9.17) is 11.6 Å². The second-order valence-electron chi connectivity index (χ2n) is 5.86. The van der Waals surface area contributed by atoms with E-state index in [1.165, 1.54) is 5.56 Å². The smallest absolute Gasteiger partial charge is 0.0406 e. The first-order valence-electron chi connectivity index (χ1n) is 6.55. The van der Waals surface area contributed by atoms with E-state index in [-0.39, 0.29) is 5.54 Å². The Labute approximate surface area is 116 Å². The molecule has 102 valence electrons. The van der Waals surface area contributed by atoms with Crippen LogP contribution in [0.1, 0.15) is 26.3 Å². The van der Waals surface area contributed by atoms with Crippen LogP contribution in [0.5, 0.6) is 0 Å². The molecule has 0 radical (unpaired) electrons. The quantitative estimate of drug-likeness (QED) is 0.852. The van der Waals surface area contributed by atoms with Crippen LogP contribution >= 0.6 is 11.6 Å². The normalized spacial score (nSPS) is 12.1. The third kappa shape index (κ3) is 7.00. The predicted molar refractivity (Wildman–Crippen MR) is 80.4 cm³/mol. The highest BCUT2D eigenvalue weighted by Crippen LogP contribution is 2.10. The fourth-order valence-electron chi connectivity index (χ4n) is 1.70. The molecule has 0 aliphatic rings. The molecule has 0 saturated heterocycles. The Balaban J connectivity index is 2.21. The summed E-state index contributed by atoms with van der Waals surface area (Å²) in [6.07, 6.45) is 1.07. The van der Waals surface area contributed by atoms with Crippen molar-refractivity contribution in [2.24, 2.45) is 0 Å². The molecule has 0 unspecified atom stereocenters. The molecule has 2 nitrogen and oxygen atoms in total. The molecule has 1 N–H and O–H groups in total. The molecule has 0 spiro atoms. The van der Waals surface area contributed by atoms with Crippen LogP contribution in [0.25, 0.3) is 0 Å². The van der Waals surface area contributed by atoms with Crippen molar-refractivity contribution in [2.75, 3.05) is 26.7 Å². The maximum absolute atomic E-state index is 5.87. The molecule has 1 rings (SSSR count). The maximum atomic E-state index is 5.87. The second-order valence-corrected chi connectivity index (χ2v) is 6.29. The van der Waals surface area contributed by atoms with Crippen LogP contribution in [0.15, 0.2) is 24.3 Å². The summed E-state index contributed by atoms with van der Waals surface area (Å²) in [5.74, 6) is 0. The molecule has 0 fully saturated rings. The Morgan fingerprint density at radius 3 is 2.28 bits per heavy atom. The van der Waals surface area contributed by atoms with Crippen LogP contribution < -0.4 is 5.32 Å². The van der Waals surface area contributed by atoms with Gasteiger partial charge in [-0.2, -0.15) is 0 Å². The molecule has 18 heavy (non-hydrogen) atoms. The van der Waals surface area contributed by atoms with Gasteiger partial charge in [0.2, 0.25) is 0 Å². The summed E-state index contributed by atoms with van der Waals surface area (Å²) in [6.45, 7) is 9.76. The number of hydrogen-bond acceptors (Lipinski definition) is 2. The summed E-state index contributed by atoms with van der Waals surface area (Å²) in [7, 11) is 2.17. The number of nitrogens with one attached hydrogen (secondary N) is 1. The van der Waals surface area contributed by atoms with Crippen molar-refractivity contribution in [2.45, 2.75) is 32.7 Å². The first-order chi connectivity index (χ1) is 8.37. The summed E-state index contributed by atoms with van der Waals surface area (Å²) in [4.78, 5) is 2.35. The molecule has 3 heteroatoms. The molecule has 0 heterocycles. The highest BCUT2D eigenvalue weighted by molar-refractivity contribution is 6.30. The molecule has 0 saturated carbocycles. The lowest BCUT2D eigenvalue weighted by molar-refractivity contribution is 0.312. The number of nitrogens with zero attached hydrogens (tertiary/aromatic N) is 1. The Bertz CT molecular complexity index is 341. The Morgan fingerprint density at radius 2 is 1.72 bits per heavy atom. The van der Waals surface area contributed by atoms with Gasteiger partial charge in [0.05, 0.1) is 0 Å². The minimum absolute atomic E-state index is 0.205. The number of benzene rings is 1. The fraction of sp³-hybridized carbons (Fsp3) is 0.600. The van der Waals surface area contributed by atoms with E-state index in [0.717, 1.165) is 31.1 Å². The minimum Gasteiger partial charge on any atom is -0.311 e. The van der Waals surface area contributed by atoms with Crippen LogP contribution in [0.2, 0.25) is 5.02 Å². The summed E-state index contributed by atoms with van der Waals surface area (Å²) < 4.78 is 0. The first-order valence-corrected chi connectivity index (χ1v) is 6.93. The van der Waals surface area contributed by atoms with Gasteiger partial charge < -0.3 is 10.2 Å². The molecule has 1 aromatic rings. The summed E-state index contributed by atoms with van der Waals surface area (Å²) in [5, 5.41) is 4.31. The fourth-order valence-corrected chi connectivity index (χ4v) is 1.83. The first kappa shape index (κ1) is 15.5. The van der Waals surface area contributed by atoms with Gasteiger partial charge in [-0.05, 0) is 51.9 Å². The van der Waals surface area contributed by atoms with Gasteiger partial charge in [0.25, 0.3) is 0 Å². The molecule has 0 aromatic heterocycles.